The molecule has 0 amide bonds. The smallest absolute Gasteiger partial charge is 0.118 e. The van der Waals surface area contributed by atoms with Gasteiger partial charge in [0.15, 0.2) is 0 Å². The fourth-order valence-corrected chi connectivity index (χ4v) is 1.15. The van der Waals surface area contributed by atoms with Gasteiger partial charge in [0.25, 0.3) is 0 Å². The summed E-state index contributed by atoms with van der Waals surface area (Å²) in [6.07, 6.45) is 0. The fourth-order valence-electron chi connectivity index (χ4n) is 1.15. The summed E-state index contributed by atoms with van der Waals surface area (Å²) in [5.74, 6) is 0.706. The molecule has 16 heavy (non-hydrogen) atoms. The van der Waals surface area contributed by atoms with E-state index in [1.165, 1.54) is 0 Å². The van der Waals surface area contributed by atoms with Gasteiger partial charge in [-0.1, -0.05) is 30.3 Å². The van der Waals surface area contributed by atoms with Crippen LogP contribution in [0.2, 0.25) is 0 Å². The van der Waals surface area contributed by atoms with E-state index in [4.69, 9.17) is 10.2 Å². The van der Waals surface area contributed by atoms with Gasteiger partial charge in [0, 0.05) is 0 Å². The molecule has 0 aliphatic heterocycles. The van der Waals surface area contributed by atoms with Crippen molar-refractivity contribution < 1.29 is 10.2 Å². The number of aryl methyl sites for hydroxylation is 2. The molecule has 0 bridgehead atoms. The van der Waals surface area contributed by atoms with Crippen molar-refractivity contribution in [1.82, 2.24) is 0 Å². The maximum Gasteiger partial charge on any atom is 0.118 e. The molecule has 2 heteroatoms. The molecule has 84 valence electrons. The minimum absolute atomic E-state index is 0.322. The molecule has 0 saturated carbocycles. The number of hydrogen-bond donors (Lipinski definition) is 2. The van der Waals surface area contributed by atoms with Crippen molar-refractivity contribution in [1.29, 1.82) is 0 Å². The molecule has 0 radical (unpaired) electrons. The average molecular weight is 216 g/mol. The highest BCUT2D eigenvalue weighted by molar-refractivity contribution is 5.34. The van der Waals surface area contributed by atoms with Crippen LogP contribution >= 0.6 is 0 Å². The van der Waals surface area contributed by atoms with Crippen LogP contribution in [0.4, 0.5) is 0 Å². The zero-order valence-corrected chi connectivity index (χ0v) is 9.51. The number of benzene rings is 2. The molecule has 2 N–H and O–H groups in total. The van der Waals surface area contributed by atoms with Gasteiger partial charge in [-0.15, -0.1) is 0 Å². The van der Waals surface area contributed by atoms with Crippen molar-refractivity contribution in [3.63, 3.8) is 0 Å². The Balaban J connectivity index is 0.000000165. The van der Waals surface area contributed by atoms with Gasteiger partial charge in [0.05, 0.1) is 0 Å². The van der Waals surface area contributed by atoms with E-state index in [0.29, 0.717) is 11.5 Å². The van der Waals surface area contributed by atoms with Crippen LogP contribution in [0.1, 0.15) is 11.1 Å². The SMILES string of the molecule is Cc1ccc(C)c(O)c1.Oc1ccccc1. The summed E-state index contributed by atoms with van der Waals surface area (Å²) in [6.45, 7) is 3.84. The lowest BCUT2D eigenvalue weighted by molar-refractivity contribution is 0.470. The molecule has 2 nitrogen and oxygen atoms in total. The fraction of sp³-hybridized carbons (Fsp3) is 0.143. The van der Waals surface area contributed by atoms with E-state index < -0.39 is 0 Å². The summed E-state index contributed by atoms with van der Waals surface area (Å²) in [4.78, 5) is 0. The van der Waals surface area contributed by atoms with E-state index >= 15 is 0 Å². The second-order valence-corrected chi connectivity index (χ2v) is 3.63. The molecule has 0 aliphatic carbocycles. The van der Waals surface area contributed by atoms with Crippen LogP contribution in [0.15, 0.2) is 48.5 Å². The molecule has 2 aromatic carbocycles. The zero-order valence-electron chi connectivity index (χ0n) is 9.51. The Hall–Kier alpha value is -1.96. The van der Waals surface area contributed by atoms with E-state index in [1.54, 1.807) is 30.3 Å². The molecule has 2 aromatic rings. The average Bonchev–Trinajstić information content (AvgIpc) is 2.26. The Labute approximate surface area is 95.8 Å². The van der Waals surface area contributed by atoms with Crippen LogP contribution in [-0.4, -0.2) is 10.2 Å². The normalized spacial score (nSPS) is 9.12. The quantitative estimate of drug-likeness (QED) is 0.708. The van der Waals surface area contributed by atoms with Gasteiger partial charge < -0.3 is 10.2 Å². The Kier molecular flexibility index (Phi) is 4.40. The lowest BCUT2D eigenvalue weighted by Crippen LogP contribution is -1.74. The van der Waals surface area contributed by atoms with Crippen molar-refractivity contribution in [2.45, 2.75) is 13.8 Å². The molecular weight excluding hydrogens is 200 g/mol. The van der Waals surface area contributed by atoms with E-state index in [1.807, 2.05) is 32.0 Å². The first kappa shape index (κ1) is 12.1. The molecule has 0 spiro atoms. The van der Waals surface area contributed by atoms with Crippen LogP contribution in [0.3, 0.4) is 0 Å². The predicted molar refractivity (Wildman–Crippen MR) is 65.7 cm³/mol. The monoisotopic (exact) mass is 216 g/mol. The van der Waals surface area contributed by atoms with Crippen LogP contribution < -0.4 is 0 Å². The van der Waals surface area contributed by atoms with Gasteiger partial charge in [-0.25, -0.2) is 0 Å². The third kappa shape index (κ3) is 4.05. The molecule has 0 saturated heterocycles. The van der Waals surface area contributed by atoms with Crippen molar-refractivity contribution in [3.8, 4) is 11.5 Å². The summed E-state index contributed by atoms with van der Waals surface area (Å²) in [6, 6.07) is 14.4. The van der Waals surface area contributed by atoms with Gasteiger partial charge in [-0.2, -0.15) is 0 Å². The minimum Gasteiger partial charge on any atom is -0.508 e. The number of rotatable bonds is 0. The number of phenolic OH excluding ortho intramolecular Hbond substituents is 2. The van der Waals surface area contributed by atoms with Crippen LogP contribution in [0, 0.1) is 13.8 Å². The Morgan fingerprint density at radius 2 is 1.44 bits per heavy atom. The second kappa shape index (κ2) is 5.81. The molecule has 0 heterocycles. The van der Waals surface area contributed by atoms with Crippen molar-refractivity contribution in [2.24, 2.45) is 0 Å². The Morgan fingerprint density at radius 3 is 1.81 bits per heavy atom. The van der Waals surface area contributed by atoms with Crippen molar-refractivity contribution in [2.75, 3.05) is 0 Å². The van der Waals surface area contributed by atoms with Crippen LogP contribution in [-0.2, 0) is 0 Å². The Bertz CT molecular complexity index is 436. The van der Waals surface area contributed by atoms with Gasteiger partial charge in [-0.3, -0.25) is 0 Å². The minimum atomic E-state index is 0.322. The highest BCUT2D eigenvalue weighted by atomic mass is 16.3. The number of aromatic hydroxyl groups is 2. The van der Waals surface area contributed by atoms with Gasteiger partial charge >= 0.3 is 0 Å². The van der Waals surface area contributed by atoms with Crippen LogP contribution in [0.5, 0.6) is 11.5 Å². The van der Waals surface area contributed by atoms with Crippen molar-refractivity contribution >= 4 is 0 Å². The first-order valence-electron chi connectivity index (χ1n) is 5.10. The molecular formula is C14H16O2. The number of hydrogen-bond acceptors (Lipinski definition) is 2. The third-order valence-corrected chi connectivity index (χ3v) is 2.12. The van der Waals surface area contributed by atoms with E-state index in [-0.39, 0.29) is 0 Å². The molecule has 0 unspecified atom stereocenters. The lowest BCUT2D eigenvalue weighted by atomic mass is 10.1. The first-order valence-corrected chi connectivity index (χ1v) is 5.10. The number of phenols is 2. The maximum atomic E-state index is 9.10. The highest BCUT2D eigenvalue weighted by Gasteiger charge is 1.91. The Morgan fingerprint density at radius 1 is 0.812 bits per heavy atom. The number of para-hydroxylation sites is 1. The first-order chi connectivity index (χ1) is 7.59. The molecule has 2 rings (SSSR count). The standard InChI is InChI=1S/C8H10O.C6H6O/c1-6-3-4-7(2)8(9)5-6;7-6-4-2-1-3-5-6/h3-5,9H,1-2H3;1-5,7H. The van der Waals surface area contributed by atoms with Gasteiger partial charge in [0.2, 0.25) is 0 Å². The molecule has 0 aliphatic rings. The van der Waals surface area contributed by atoms with Gasteiger partial charge in [-0.05, 0) is 43.2 Å². The third-order valence-electron chi connectivity index (χ3n) is 2.12. The summed E-state index contributed by atoms with van der Waals surface area (Å²) >= 11 is 0. The van der Waals surface area contributed by atoms with E-state index in [0.717, 1.165) is 11.1 Å². The van der Waals surface area contributed by atoms with Crippen LogP contribution in [0.25, 0.3) is 0 Å². The molecule has 0 atom stereocenters. The molecule has 0 aromatic heterocycles. The lowest BCUT2D eigenvalue weighted by Gasteiger charge is -1.97. The van der Waals surface area contributed by atoms with Crippen molar-refractivity contribution in [3.05, 3.63) is 59.7 Å². The predicted octanol–water partition coefficient (Wildman–Crippen LogP) is 3.40. The summed E-state index contributed by atoms with van der Waals surface area (Å²) in [5, 5.41) is 17.7. The van der Waals surface area contributed by atoms with E-state index in [2.05, 4.69) is 0 Å². The largest absolute Gasteiger partial charge is 0.508 e. The molecule has 0 fully saturated rings. The maximum absolute atomic E-state index is 9.10. The highest BCUT2D eigenvalue weighted by Crippen LogP contribution is 2.15. The topological polar surface area (TPSA) is 40.5 Å². The summed E-state index contributed by atoms with van der Waals surface area (Å²) < 4.78 is 0. The zero-order chi connectivity index (χ0) is 12.0. The second-order valence-electron chi connectivity index (χ2n) is 3.63. The summed E-state index contributed by atoms with van der Waals surface area (Å²) in [5.41, 5.74) is 2.03. The van der Waals surface area contributed by atoms with Gasteiger partial charge in [0.1, 0.15) is 11.5 Å². The summed E-state index contributed by atoms with van der Waals surface area (Å²) in [7, 11) is 0. The van der Waals surface area contributed by atoms with E-state index in [9.17, 15) is 0 Å².